The van der Waals surface area contributed by atoms with Crippen molar-refractivity contribution in [3.8, 4) is 5.75 Å². The Balaban J connectivity index is 1.67. The Hall–Kier alpha value is -3.44. The van der Waals surface area contributed by atoms with Gasteiger partial charge in [-0.05, 0) is 28.8 Å². The minimum atomic E-state index is -4.55. The van der Waals surface area contributed by atoms with Crippen LogP contribution in [0.3, 0.4) is 0 Å². The third kappa shape index (κ3) is 3.40. The van der Waals surface area contributed by atoms with E-state index < -0.39 is 41.0 Å². The molecule has 1 amide bonds. The lowest BCUT2D eigenvalue weighted by Crippen LogP contribution is -2.66. The van der Waals surface area contributed by atoms with Crippen molar-refractivity contribution < 1.29 is 27.8 Å². The summed E-state index contributed by atoms with van der Waals surface area (Å²) in [5.74, 6) is -1.12. The summed E-state index contributed by atoms with van der Waals surface area (Å²) in [5, 5.41) is 12.4. The lowest BCUT2D eigenvalue weighted by Gasteiger charge is -2.51. The lowest BCUT2D eigenvalue weighted by molar-refractivity contribution is -0.138. The highest BCUT2D eigenvalue weighted by Gasteiger charge is 2.46. The molecule has 1 unspecified atom stereocenters. The maximum absolute atomic E-state index is 14.1. The summed E-state index contributed by atoms with van der Waals surface area (Å²) in [6.07, 6.45) is -3.84. The van der Waals surface area contributed by atoms with Crippen molar-refractivity contribution in [3.63, 3.8) is 0 Å². The second-order valence-corrected chi connectivity index (χ2v) is 9.77. The van der Waals surface area contributed by atoms with Gasteiger partial charge < -0.3 is 14.7 Å². The highest BCUT2D eigenvalue weighted by Crippen LogP contribution is 2.47. The van der Waals surface area contributed by atoms with E-state index in [2.05, 4.69) is 0 Å². The number of hydrogen-bond donors (Lipinski definition) is 1. The molecule has 2 aromatic carbocycles. The molecule has 36 heavy (non-hydrogen) atoms. The largest absolute Gasteiger partial charge is 0.502 e. The van der Waals surface area contributed by atoms with Crippen LogP contribution in [-0.4, -0.2) is 46.5 Å². The molecule has 2 atom stereocenters. The zero-order chi connectivity index (χ0) is 25.2. The molecule has 3 aliphatic heterocycles. The van der Waals surface area contributed by atoms with Crippen molar-refractivity contribution >= 4 is 17.7 Å². The van der Waals surface area contributed by atoms with Crippen molar-refractivity contribution in [1.29, 1.82) is 0 Å². The Bertz CT molecular complexity index is 1440. The van der Waals surface area contributed by atoms with Crippen LogP contribution in [0.2, 0.25) is 0 Å². The first-order valence-electron chi connectivity index (χ1n) is 11.3. The number of hydrogen-bond acceptors (Lipinski definition) is 6. The zero-order valence-electron chi connectivity index (χ0n) is 18.7. The number of pyridine rings is 1. The van der Waals surface area contributed by atoms with Crippen molar-refractivity contribution in [2.24, 2.45) is 0 Å². The molecule has 0 radical (unpaired) electrons. The van der Waals surface area contributed by atoms with E-state index in [1.54, 1.807) is 11.1 Å². The first kappa shape index (κ1) is 23.0. The molecule has 6 rings (SSSR count). The number of thioether (sulfide) groups is 1. The summed E-state index contributed by atoms with van der Waals surface area (Å²) in [6, 6.07) is 11.9. The number of benzene rings is 2. The van der Waals surface area contributed by atoms with Gasteiger partial charge in [-0.25, -0.2) is 0 Å². The first-order valence-corrected chi connectivity index (χ1v) is 12.3. The number of amides is 1. The van der Waals surface area contributed by atoms with E-state index >= 15 is 0 Å². The Kier molecular flexibility index (Phi) is 5.31. The molecule has 0 bridgehead atoms. The van der Waals surface area contributed by atoms with Gasteiger partial charge in [-0.15, -0.1) is 11.8 Å². The van der Waals surface area contributed by atoms with Crippen molar-refractivity contribution in [2.45, 2.75) is 29.0 Å². The summed E-state index contributed by atoms with van der Waals surface area (Å²) in [7, 11) is 0. The highest BCUT2D eigenvalue weighted by molar-refractivity contribution is 7.98. The van der Waals surface area contributed by atoms with Crippen LogP contribution in [0, 0.1) is 0 Å². The van der Waals surface area contributed by atoms with Crippen LogP contribution in [0.1, 0.15) is 38.8 Å². The zero-order valence-corrected chi connectivity index (χ0v) is 19.6. The minimum Gasteiger partial charge on any atom is -0.502 e. The van der Waals surface area contributed by atoms with Gasteiger partial charge in [-0.3, -0.25) is 19.3 Å². The number of rotatable bonds is 1. The van der Waals surface area contributed by atoms with Crippen LogP contribution in [0.15, 0.2) is 64.4 Å². The topological polar surface area (TPSA) is 75.0 Å². The molecule has 0 saturated carbocycles. The summed E-state index contributed by atoms with van der Waals surface area (Å²) < 4.78 is 49.4. The third-order valence-electron chi connectivity index (χ3n) is 6.84. The maximum atomic E-state index is 14.1. The van der Waals surface area contributed by atoms with E-state index in [9.17, 15) is 27.9 Å². The normalized spacial score (nSPS) is 21.2. The molecule has 0 aliphatic carbocycles. The van der Waals surface area contributed by atoms with E-state index in [-0.39, 0.29) is 36.8 Å². The van der Waals surface area contributed by atoms with Crippen LogP contribution in [-0.2, 0) is 16.7 Å². The molecule has 11 heteroatoms. The van der Waals surface area contributed by atoms with E-state index in [1.807, 2.05) is 24.3 Å². The molecular formula is C25H20F3N3O4S. The average Bonchev–Trinajstić information content (AvgIpc) is 3.03. The smallest absolute Gasteiger partial charge is 0.416 e. The summed E-state index contributed by atoms with van der Waals surface area (Å²) in [5.41, 5.74) is -0.293. The summed E-state index contributed by atoms with van der Waals surface area (Å²) in [6.45, 7) is 0.582. The van der Waals surface area contributed by atoms with Gasteiger partial charge in [0.2, 0.25) is 5.43 Å². The fraction of sp³-hybridized carbons (Fsp3) is 0.280. The number of nitrogens with zero attached hydrogens (tertiary/aromatic N) is 3. The standard InChI is InChI=1S/C25H20F3N3O4S/c26-25(27,28)17-6-3-5-14-16(17)13-36-19-7-2-1-4-15(19)21(14)31-20-12-35-11-10-29(20)24(34)22-23(33)18(32)8-9-30(22)31/h1-9,20-21,33H,10-13H2/t20?,21-/m0/s1. The monoisotopic (exact) mass is 515 g/mol. The van der Waals surface area contributed by atoms with Gasteiger partial charge in [-0.2, -0.15) is 13.2 Å². The van der Waals surface area contributed by atoms with Crippen LogP contribution in [0.5, 0.6) is 5.75 Å². The fourth-order valence-corrected chi connectivity index (χ4v) is 6.40. The molecule has 1 saturated heterocycles. The van der Waals surface area contributed by atoms with E-state index in [0.29, 0.717) is 5.56 Å². The van der Waals surface area contributed by atoms with Crippen LogP contribution < -0.4 is 10.4 Å². The molecule has 186 valence electrons. The van der Waals surface area contributed by atoms with Gasteiger partial charge in [-0.1, -0.05) is 30.3 Å². The van der Waals surface area contributed by atoms with E-state index in [4.69, 9.17) is 4.74 Å². The van der Waals surface area contributed by atoms with Gasteiger partial charge in [0.15, 0.2) is 11.4 Å². The number of aromatic nitrogens is 1. The summed E-state index contributed by atoms with van der Waals surface area (Å²) >= 11 is 1.32. The average molecular weight is 516 g/mol. The van der Waals surface area contributed by atoms with Crippen LogP contribution in [0.4, 0.5) is 13.2 Å². The predicted molar refractivity (Wildman–Crippen MR) is 126 cm³/mol. The Labute approximate surface area is 207 Å². The highest BCUT2D eigenvalue weighted by atomic mass is 32.2. The molecule has 3 aliphatic rings. The Morgan fingerprint density at radius 3 is 2.61 bits per heavy atom. The fourth-order valence-electron chi connectivity index (χ4n) is 5.26. The lowest BCUT2D eigenvalue weighted by atomic mass is 9.91. The van der Waals surface area contributed by atoms with E-state index in [0.717, 1.165) is 22.6 Å². The maximum Gasteiger partial charge on any atom is 0.416 e. The van der Waals surface area contributed by atoms with Gasteiger partial charge in [0, 0.05) is 29.5 Å². The number of ether oxygens (including phenoxy) is 1. The minimum absolute atomic E-state index is 0.109. The Morgan fingerprint density at radius 2 is 1.81 bits per heavy atom. The first-order chi connectivity index (χ1) is 17.3. The van der Waals surface area contributed by atoms with Crippen LogP contribution >= 0.6 is 11.8 Å². The number of morpholine rings is 1. The Morgan fingerprint density at radius 1 is 1.03 bits per heavy atom. The number of alkyl halides is 3. The van der Waals surface area contributed by atoms with Crippen LogP contribution in [0.25, 0.3) is 0 Å². The second-order valence-electron chi connectivity index (χ2n) is 8.76. The molecule has 7 nitrogen and oxygen atoms in total. The van der Waals surface area contributed by atoms with Crippen molar-refractivity contribution in [2.75, 3.05) is 24.8 Å². The number of halogens is 3. The van der Waals surface area contributed by atoms with Crippen molar-refractivity contribution in [1.82, 2.24) is 9.58 Å². The molecule has 0 spiro atoms. The second kappa shape index (κ2) is 8.31. The molecule has 1 aromatic heterocycles. The predicted octanol–water partition coefficient (Wildman–Crippen LogP) is 3.72. The quantitative estimate of drug-likeness (QED) is 0.533. The van der Waals surface area contributed by atoms with Gasteiger partial charge in [0.25, 0.3) is 5.91 Å². The van der Waals surface area contributed by atoms with Gasteiger partial charge >= 0.3 is 6.18 Å². The van der Waals surface area contributed by atoms with E-state index in [1.165, 1.54) is 33.6 Å². The van der Waals surface area contributed by atoms with Crippen molar-refractivity contribution in [3.05, 3.63) is 92.9 Å². The number of aromatic hydroxyl groups is 1. The molecule has 4 heterocycles. The molecule has 1 fully saturated rings. The molecule has 3 aromatic rings. The SMILES string of the molecule is O=C1c2c(O)c(=O)ccn2N([C@@H]2c3ccccc3SCc3c2cccc3C(F)(F)F)C2COCCN12. The van der Waals surface area contributed by atoms with Gasteiger partial charge in [0.1, 0.15) is 6.17 Å². The van der Waals surface area contributed by atoms with Gasteiger partial charge in [0.05, 0.1) is 24.8 Å². The molecular weight excluding hydrogens is 495 g/mol. The number of carbonyl (C=O) groups excluding carboxylic acids is 1. The number of fused-ring (bicyclic) bond motifs is 4. The number of carbonyl (C=O) groups is 1. The summed E-state index contributed by atoms with van der Waals surface area (Å²) in [4.78, 5) is 28.0. The molecule has 1 N–H and O–H groups in total. The third-order valence-corrected chi connectivity index (χ3v) is 7.95.